The molecule has 1 amide bonds. The molecule has 1 N–H and O–H groups in total. The van der Waals surface area contributed by atoms with Crippen LogP contribution in [-0.2, 0) is 4.79 Å². The van der Waals surface area contributed by atoms with Crippen LogP contribution >= 0.6 is 11.6 Å². The summed E-state index contributed by atoms with van der Waals surface area (Å²) in [6.45, 7) is 1.51. The lowest BCUT2D eigenvalue weighted by Gasteiger charge is -2.32. The summed E-state index contributed by atoms with van der Waals surface area (Å²) in [6, 6.07) is 9.02. The first-order valence-corrected chi connectivity index (χ1v) is 9.05. The molecule has 9 heteroatoms. The van der Waals surface area contributed by atoms with E-state index in [2.05, 4.69) is 30.3 Å². The molecule has 0 aliphatic carbocycles. The second-order valence-corrected chi connectivity index (χ2v) is 6.77. The fraction of sp³-hybridized carbons (Fsp3) is 0.278. The highest BCUT2D eigenvalue weighted by Gasteiger charge is 2.26. The van der Waals surface area contributed by atoms with Crippen LogP contribution in [0, 0.1) is 5.92 Å². The molecule has 4 rings (SSSR count). The van der Waals surface area contributed by atoms with Gasteiger partial charge in [-0.15, -0.1) is 0 Å². The van der Waals surface area contributed by atoms with Crippen LogP contribution in [0.15, 0.2) is 49.3 Å². The Kier molecular flexibility index (Phi) is 4.97. The van der Waals surface area contributed by atoms with Crippen LogP contribution in [0.2, 0.25) is 5.02 Å². The van der Waals surface area contributed by atoms with Gasteiger partial charge in [0, 0.05) is 35.8 Å². The number of piperidine rings is 1. The topological polar surface area (TPSA) is 88.8 Å². The minimum absolute atomic E-state index is 0.0199. The molecule has 1 aliphatic heterocycles. The van der Waals surface area contributed by atoms with Crippen molar-refractivity contribution in [1.82, 2.24) is 24.7 Å². The van der Waals surface area contributed by atoms with E-state index in [-0.39, 0.29) is 11.8 Å². The zero-order chi connectivity index (χ0) is 18.6. The number of hydrogen-bond acceptors (Lipinski definition) is 6. The SMILES string of the molecule is O=C(Nc1ccc(Cl)cc1)C1CCN(c2cc(-n3cncn3)ncn2)CC1. The molecular formula is C18H18ClN7O. The number of rotatable bonds is 4. The fourth-order valence-corrected chi connectivity index (χ4v) is 3.24. The van der Waals surface area contributed by atoms with Gasteiger partial charge in [0.1, 0.15) is 24.8 Å². The van der Waals surface area contributed by atoms with Crippen molar-refractivity contribution in [2.75, 3.05) is 23.3 Å². The van der Waals surface area contributed by atoms with E-state index in [1.165, 1.54) is 12.7 Å². The molecule has 27 heavy (non-hydrogen) atoms. The maximum Gasteiger partial charge on any atom is 0.227 e. The number of carbonyl (C=O) groups is 1. The van der Waals surface area contributed by atoms with E-state index in [9.17, 15) is 4.79 Å². The molecule has 8 nitrogen and oxygen atoms in total. The third-order valence-electron chi connectivity index (χ3n) is 4.59. The van der Waals surface area contributed by atoms with E-state index in [0.717, 1.165) is 37.4 Å². The van der Waals surface area contributed by atoms with Gasteiger partial charge >= 0.3 is 0 Å². The summed E-state index contributed by atoms with van der Waals surface area (Å²) in [6.07, 6.45) is 6.11. The first-order chi connectivity index (χ1) is 13.2. The van der Waals surface area contributed by atoms with Gasteiger partial charge in [-0.1, -0.05) is 11.6 Å². The van der Waals surface area contributed by atoms with Crippen molar-refractivity contribution < 1.29 is 4.79 Å². The lowest BCUT2D eigenvalue weighted by molar-refractivity contribution is -0.120. The van der Waals surface area contributed by atoms with E-state index in [1.54, 1.807) is 23.1 Å². The first-order valence-electron chi connectivity index (χ1n) is 8.67. The minimum Gasteiger partial charge on any atom is -0.356 e. The first kappa shape index (κ1) is 17.4. The smallest absolute Gasteiger partial charge is 0.227 e. The number of aromatic nitrogens is 5. The third-order valence-corrected chi connectivity index (χ3v) is 4.85. The molecule has 0 radical (unpaired) electrons. The number of benzene rings is 1. The Balaban J connectivity index is 1.37. The van der Waals surface area contributed by atoms with E-state index < -0.39 is 0 Å². The number of amides is 1. The molecule has 3 heterocycles. The van der Waals surface area contributed by atoms with Gasteiger partial charge in [-0.3, -0.25) is 4.79 Å². The maximum atomic E-state index is 12.5. The number of anilines is 2. The molecule has 2 aromatic heterocycles. The van der Waals surface area contributed by atoms with Gasteiger partial charge in [-0.05, 0) is 37.1 Å². The Morgan fingerprint density at radius 2 is 1.81 bits per heavy atom. The van der Waals surface area contributed by atoms with Crippen LogP contribution in [0.5, 0.6) is 0 Å². The second kappa shape index (κ2) is 7.71. The van der Waals surface area contributed by atoms with E-state index in [4.69, 9.17) is 11.6 Å². The van der Waals surface area contributed by atoms with Gasteiger partial charge in [0.25, 0.3) is 0 Å². The number of halogens is 1. The van der Waals surface area contributed by atoms with E-state index in [1.807, 2.05) is 18.2 Å². The number of nitrogens with zero attached hydrogens (tertiary/aromatic N) is 6. The van der Waals surface area contributed by atoms with Gasteiger partial charge in [-0.2, -0.15) is 5.10 Å². The summed E-state index contributed by atoms with van der Waals surface area (Å²) in [5, 5.41) is 7.70. The summed E-state index contributed by atoms with van der Waals surface area (Å²) in [4.78, 5) is 27.2. The summed E-state index contributed by atoms with van der Waals surface area (Å²) >= 11 is 5.88. The zero-order valence-electron chi connectivity index (χ0n) is 14.5. The van der Waals surface area contributed by atoms with Crippen LogP contribution in [0.3, 0.4) is 0 Å². The van der Waals surface area contributed by atoms with E-state index >= 15 is 0 Å². The average molecular weight is 384 g/mol. The molecule has 0 bridgehead atoms. The van der Waals surface area contributed by atoms with Crippen molar-refractivity contribution in [1.29, 1.82) is 0 Å². The standard InChI is InChI=1S/C18H18ClN7O/c19-14-1-3-15(4-2-14)24-18(27)13-5-7-25(8-6-13)16-9-17(22-11-21-16)26-12-20-10-23-26/h1-4,9-13H,5-8H2,(H,24,27). The fourth-order valence-electron chi connectivity index (χ4n) is 3.11. The maximum absolute atomic E-state index is 12.5. The molecule has 1 saturated heterocycles. The third kappa shape index (κ3) is 4.06. The quantitative estimate of drug-likeness (QED) is 0.744. The van der Waals surface area contributed by atoms with Crippen LogP contribution < -0.4 is 10.2 Å². The summed E-state index contributed by atoms with van der Waals surface area (Å²) in [5.74, 6) is 1.52. The Morgan fingerprint density at radius 3 is 2.52 bits per heavy atom. The molecule has 0 atom stereocenters. The average Bonchev–Trinajstić information content (AvgIpc) is 3.25. The molecule has 0 unspecified atom stereocenters. The van der Waals surface area contributed by atoms with Gasteiger partial charge in [0.2, 0.25) is 5.91 Å². The predicted molar refractivity (Wildman–Crippen MR) is 102 cm³/mol. The lowest BCUT2D eigenvalue weighted by Crippen LogP contribution is -2.38. The van der Waals surface area contributed by atoms with E-state index in [0.29, 0.717) is 10.8 Å². The summed E-state index contributed by atoms with van der Waals surface area (Å²) in [7, 11) is 0. The lowest BCUT2D eigenvalue weighted by atomic mass is 9.96. The van der Waals surface area contributed by atoms with Crippen molar-refractivity contribution in [3.63, 3.8) is 0 Å². The summed E-state index contributed by atoms with van der Waals surface area (Å²) < 4.78 is 1.59. The van der Waals surface area contributed by atoms with Gasteiger partial charge < -0.3 is 10.2 Å². The largest absolute Gasteiger partial charge is 0.356 e. The van der Waals surface area contributed by atoms with Crippen molar-refractivity contribution in [3.05, 3.63) is 54.3 Å². The number of nitrogens with one attached hydrogen (secondary N) is 1. The van der Waals surface area contributed by atoms with Crippen molar-refractivity contribution in [2.45, 2.75) is 12.8 Å². The molecule has 1 fully saturated rings. The van der Waals surface area contributed by atoms with Crippen LogP contribution in [-0.4, -0.2) is 43.7 Å². The Morgan fingerprint density at radius 1 is 1.07 bits per heavy atom. The number of hydrogen-bond donors (Lipinski definition) is 1. The van der Waals surface area contributed by atoms with Gasteiger partial charge in [0.05, 0.1) is 0 Å². The summed E-state index contributed by atoms with van der Waals surface area (Å²) in [5.41, 5.74) is 0.764. The normalized spacial score (nSPS) is 14.9. The van der Waals surface area contributed by atoms with Crippen LogP contribution in [0.1, 0.15) is 12.8 Å². The van der Waals surface area contributed by atoms with Crippen molar-refractivity contribution in [3.8, 4) is 5.82 Å². The molecule has 0 spiro atoms. The molecule has 1 aromatic carbocycles. The molecule has 1 aliphatic rings. The minimum atomic E-state index is -0.0199. The van der Waals surface area contributed by atoms with Crippen LogP contribution in [0.4, 0.5) is 11.5 Å². The highest BCUT2D eigenvalue weighted by Crippen LogP contribution is 2.24. The molecule has 0 saturated carbocycles. The highest BCUT2D eigenvalue weighted by molar-refractivity contribution is 6.30. The Hall–Kier alpha value is -3.00. The predicted octanol–water partition coefficient (Wildman–Crippen LogP) is 2.57. The van der Waals surface area contributed by atoms with Crippen molar-refractivity contribution in [2.24, 2.45) is 5.92 Å². The Labute approximate surface area is 161 Å². The van der Waals surface area contributed by atoms with Gasteiger partial charge in [0.15, 0.2) is 5.82 Å². The second-order valence-electron chi connectivity index (χ2n) is 6.33. The van der Waals surface area contributed by atoms with Crippen LogP contribution in [0.25, 0.3) is 5.82 Å². The highest BCUT2D eigenvalue weighted by atomic mass is 35.5. The van der Waals surface area contributed by atoms with Gasteiger partial charge in [-0.25, -0.2) is 19.6 Å². The molecule has 138 valence electrons. The number of carbonyl (C=O) groups excluding carboxylic acids is 1. The zero-order valence-corrected chi connectivity index (χ0v) is 15.3. The van der Waals surface area contributed by atoms with Crippen molar-refractivity contribution >= 4 is 29.0 Å². The monoisotopic (exact) mass is 383 g/mol. The molecular weight excluding hydrogens is 366 g/mol. The Bertz CT molecular complexity index is 906. The molecule has 3 aromatic rings.